The van der Waals surface area contributed by atoms with Crippen molar-refractivity contribution in [3.63, 3.8) is 0 Å². The van der Waals surface area contributed by atoms with Gasteiger partial charge in [0.2, 0.25) is 0 Å². The zero-order valence-electron chi connectivity index (χ0n) is 13.0. The monoisotopic (exact) mass is 317 g/mol. The standard InChI is InChI=1S/C18H21O3S/c1-13(2)20-18(19)21-16-9-10-17(22-11-5-6-12-22)15-8-4-3-7-14(15)16/h3-4,7-10,13H,5-6,11-12H2,1-2H3/q+1. The van der Waals surface area contributed by atoms with Gasteiger partial charge in [-0.1, -0.05) is 18.2 Å². The third-order valence-electron chi connectivity index (χ3n) is 3.71. The van der Waals surface area contributed by atoms with Crippen molar-refractivity contribution in [3.8, 4) is 5.75 Å². The van der Waals surface area contributed by atoms with E-state index in [0.29, 0.717) is 16.6 Å². The molecule has 4 heteroatoms. The molecule has 0 unspecified atom stereocenters. The first-order valence-electron chi connectivity index (χ1n) is 7.73. The summed E-state index contributed by atoms with van der Waals surface area (Å²) in [4.78, 5) is 13.2. The van der Waals surface area contributed by atoms with Crippen molar-refractivity contribution in [1.29, 1.82) is 0 Å². The number of carbonyl (C=O) groups is 1. The van der Waals surface area contributed by atoms with E-state index in [9.17, 15) is 4.79 Å². The van der Waals surface area contributed by atoms with Crippen LogP contribution in [0.1, 0.15) is 26.7 Å². The fraction of sp³-hybridized carbons (Fsp3) is 0.389. The maximum Gasteiger partial charge on any atom is 0.514 e. The van der Waals surface area contributed by atoms with Crippen molar-refractivity contribution in [2.24, 2.45) is 0 Å². The topological polar surface area (TPSA) is 35.5 Å². The Hall–Kier alpha value is -1.68. The van der Waals surface area contributed by atoms with Crippen molar-refractivity contribution in [1.82, 2.24) is 0 Å². The molecule has 0 N–H and O–H groups in total. The van der Waals surface area contributed by atoms with Gasteiger partial charge < -0.3 is 9.47 Å². The summed E-state index contributed by atoms with van der Waals surface area (Å²) in [6.45, 7) is 3.62. The number of ether oxygens (including phenoxy) is 2. The molecule has 0 bridgehead atoms. The van der Waals surface area contributed by atoms with Gasteiger partial charge in [-0.3, -0.25) is 0 Å². The van der Waals surface area contributed by atoms with Gasteiger partial charge in [0.15, 0.2) is 4.90 Å². The second-order valence-electron chi connectivity index (χ2n) is 5.73. The van der Waals surface area contributed by atoms with Gasteiger partial charge in [0.05, 0.1) is 6.10 Å². The zero-order valence-corrected chi connectivity index (χ0v) is 13.8. The number of benzene rings is 2. The molecule has 0 aliphatic carbocycles. The fourth-order valence-electron chi connectivity index (χ4n) is 2.77. The summed E-state index contributed by atoms with van der Waals surface area (Å²) in [6, 6.07) is 12.2. The zero-order chi connectivity index (χ0) is 15.5. The van der Waals surface area contributed by atoms with E-state index in [-0.39, 0.29) is 6.10 Å². The summed E-state index contributed by atoms with van der Waals surface area (Å²) in [5.74, 6) is 3.13. The van der Waals surface area contributed by atoms with E-state index in [1.165, 1.54) is 34.6 Å². The van der Waals surface area contributed by atoms with Gasteiger partial charge in [0.1, 0.15) is 17.3 Å². The predicted octanol–water partition coefficient (Wildman–Crippen LogP) is 4.53. The van der Waals surface area contributed by atoms with Gasteiger partial charge in [-0.25, -0.2) is 4.79 Å². The van der Waals surface area contributed by atoms with Crippen molar-refractivity contribution in [2.75, 3.05) is 11.5 Å². The lowest BCUT2D eigenvalue weighted by atomic mass is 10.1. The highest BCUT2D eigenvalue weighted by Crippen LogP contribution is 2.34. The molecule has 0 aromatic heterocycles. The van der Waals surface area contributed by atoms with Crippen molar-refractivity contribution in [3.05, 3.63) is 36.4 Å². The van der Waals surface area contributed by atoms with E-state index < -0.39 is 6.16 Å². The molecule has 1 fully saturated rings. The van der Waals surface area contributed by atoms with Crippen LogP contribution >= 0.6 is 0 Å². The third kappa shape index (κ3) is 3.22. The highest BCUT2D eigenvalue weighted by atomic mass is 32.2. The molecule has 0 atom stereocenters. The first-order chi connectivity index (χ1) is 10.6. The summed E-state index contributed by atoms with van der Waals surface area (Å²) < 4.78 is 10.5. The van der Waals surface area contributed by atoms with E-state index in [1.807, 2.05) is 38.1 Å². The van der Waals surface area contributed by atoms with Gasteiger partial charge >= 0.3 is 6.16 Å². The third-order valence-corrected chi connectivity index (χ3v) is 6.25. The normalized spacial score (nSPS) is 15.4. The molecular formula is C18H21O3S+. The maximum atomic E-state index is 11.8. The molecule has 0 amide bonds. The Bertz CT molecular complexity index is 675. The minimum Gasteiger partial charge on any atom is -0.431 e. The summed E-state index contributed by atoms with van der Waals surface area (Å²) >= 11 is 0. The number of hydrogen-bond donors (Lipinski definition) is 0. The number of carbonyl (C=O) groups excluding carboxylic acids is 1. The highest BCUT2D eigenvalue weighted by Gasteiger charge is 2.29. The Morgan fingerprint density at radius 3 is 2.41 bits per heavy atom. The van der Waals surface area contributed by atoms with Crippen LogP contribution in [0, 0.1) is 0 Å². The van der Waals surface area contributed by atoms with E-state index in [0.717, 1.165) is 5.39 Å². The molecule has 2 aromatic carbocycles. The smallest absolute Gasteiger partial charge is 0.431 e. The van der Waals surface area contributed by atoms with Crippen LogP contribution in [0.5, 0.6) is 5.75 Å². The average Bonchev–Trinajstić information content (AvgIpc) is 3.01. The lowest BCUT2D eigenvalue weighted by Crippen LogP contribution is -2.16. The lowest BCUT2D eigenvalue weighted by Gasteiger charge is -2.12. The molecule has 0 spiro atoms. The number of fused-ring (bicyclic) bond motifs is 1. The molecule has 1 aliphatic rings. The first-order valence-corrected chi connectivity index (χ1v) is 9.29. The Morgan fingerprint density at radius 1 is 1.05 bits per heavy atom. The Kier molecular flexibility index (Phi) is 4.57. The van der Waals surface area contributed by atoms with E-state index in [1.54, 1.807) is 0 Å². The molecular weight excluding hydrogens is 296 g/mol. The van der Waals surface area contributed by atoms with Crippen LogP contribution in [-0.2, 0) is 15.6 Å². The van der Waals surface area contributed by atoms with E-state index in [4.69, 9.17) is 9.47 Å². The van der Waals surface area contributed by atoms with Crippen molar-refractivity contribution < 1.29 is 14.3 Å². The van der Waals surface area contributed by atoms with Crippen molar-refractivity contribution >= 4 is 27.8 Å². The second-order valence-corrected chi connectivity index (χ2v) is 7.98. The van der Waals surface area contributed by atoms with Crippen LogP contribution in [-0.4, -0.2) is 23.8 Å². The molecule has 1 aliphatic heterocycles. The van der Waals surface area contributed by atoms with E-state index in [2.05, 4.69) is 12.1 Å². The van der Waals surface area contributed by atoms with Crippen LogP contribution in [0.25, 0.3) is 10.8 Å². The van der Waals surface area contributed by atoms with Gasteiger partial charge in [0, 0.05) is 21.7 Å². The Labute approximate surface area is 134 Å². The molecule has 116 valence electrons. The SMILES string of the molecule is CC(C)OC(=O)Oc1ccc([S+]2CCCC2)c2ccccc12. The van der Waals surface area contributed by atoms with Crippen molar-refractivity contribution in [2.45, 2.75) is 37.7 Å². The Balaban J connectivity index is 1.95. The molecule has 3 rings (SSSR count). The molecule has 0 radical (unpaired) electrons. The van der Waals surface area contributed by atoms with Crippen LogP contribution in [0.2, 0.25) is 0 Å². The number of hydrogen-bond acceptors (Lipinski definition) is 3. The Morgan fingerprint density at radius 2 is 1.73 bits per heavy atom. The molecule has 3 nitrogen and oxygen atoms in total. The molecule has 1 heterocycles. The maximum absolute atomic E-state index is 11.8. The number of rotatable bonds is 3. The van der Waals surface area contributed by atoms with Gasteiger partial charge in [-0.2, -0.15) is 0 Å². The summed E-state index contributed by atoms with van der Waals surface area (Å²) in [7, 11) is 0.333. The first kappa shape index (κ1) is 15.2. The molecule has 22 heavy (non-hydrogen) atoms. The van der Waals surface area contributed by atoms with Gasteiger partial charge in [0.25, 0.3) is 0 Å². The summed E-state index contributed by atoms with van der Waals surface area (Å²) in [5.41, 5.74) is 0. The highest BCUT2D eigenvalue weighted by molar-refractivity contribution is 7.97. The minimum absolute atomic E-state index is 0.182. The molecule has 2 aromatic rings. The van der Waals surface area contributed by atoms with Gasteiger partial charge in [-0.05, 0) is 44.9 Å². The average molecular weight is 317 g/mol. The fourth-order valence-corrected chi connectivity index (χ4v) is 5.26. The van der Waals surface area contributed by atoms with E-state index >= 15 is 0 Å². The summed E-state index contributed by atoms with van der Waals surface area (Å²) in [5, 5.41) is 2.18. The largest absolute Gasteiger partial charge is 0.514 e. The van der Waals surface area contributed by atoms with Crippen LogP contribution in [0.15, 0.2) is 41.3 Å². The van der Waals surface area contributed by atoms with Crippen LogP contribution < -0.4 is 4.74 Å². The second kappa shape index (κ2) is 6.61. The lowest BCUT2D eigenvalue weighted by molar-refractivity contribution is 0.0733. The predicted molar refractivity (Wildman–Crippen MR) is 90.8 cm³/mol. The van der Waals surface area contributed by atoms with Crippen LogP contribution in [0.3, 0.4) is 0 Å². The molecule has 1 saturated heterocycles. The quantitative estimate of drug-likeness (QED) is 0.474. The summed E-state index contributed by atoms with van der Waals surface area (Å²) in [6.07, 6.45) is 1.81. The molecule has 0 saturated carbocycles. The minimum atomic E-state index is -0.642. The van der Waals surface area contributed by atoms with Crippen LogP contribution in [0.4, 0.5) is 4.79 Å². The van der Waals surface area contributed by atoms with Gasteiger partial charge in [-0.15, -0.1) is 0 Å².